The van der Waals surface area contributed by atoms with E-state index in [1.807, 2.05) is 13.0 Å². The standard InChI is InChI=1S/C20H17Cl3N4O2/c1-13-20(9-26-11-24-10-25-26,17-7-6-16(22)8-18(17)23)29-12-27(13)19(28)14-2-4-15(21)5-3-14/h2-8,10-11,13H,9,12H2,1H3/t13-,20-/m1/s1. The minimum absolute atomic E-state index is 0.107. The van der Waals surface area contributed by atoms with Gasteiger partial charge in [-0.15, -0.1) is 0 Å². The van der Waals surface area contributed by atoms with Gasteiger partial charge in [-0.2, -0.15) is 5.10 Å². The summed E-state index contributed by atoms with van der Waals surface area (Å²) in [5.74, 6) is -0.153. The van der Waals surface area contributed by atoms with E-state index in [0.29, 0.717) is 27.2 Å². The summed E-state index contributed by atoms with van der Waals surface area (Å²) >= 11 is 18.6. The third-order valence-electron chi connectivity index (χ3n) is 5.21. The van der Waals surface area contributed by atoms with Gasteiger partial charge < -0.3 is 9.64 Å². The van der Waals surface area contributed by atoms with Gasteiger partial charge in [0.1, 0.15) is 25.0 Å². The molecule has 3 aromatic rings. The van der Waals surface area contributed by atoms with Crippen LogP contribution in [0.5, 0.6) is 0 Å². The Morgan fingerprint density at radius 1 is 1.17 bits per heavy atom. The molecule has 1 fully saturated rings. The number of hydrogen-bond donors (Lipinski definition) is 0. The minimum atomic E-state index is -0.919. The molecule has 2 atom stereocenters. The van der Waals surface area contributed by atoms with Crippen LogP contribution in [0.2, 0.25) is 15.1 Å². The van der Waals surface area contributed by atoms with Crippen LogP contribution < -0.4 is 0 Å². The summed E-state index contributed by atoms with van der Waals surface area (Å²) in [6, 6.07) is 11.7. The van der Waals surface area contributed by atoms with Gasteiger partial charge in [-0.25, -0.2) is 9.67 Å². The Morgan fingerprint density at radius 2 is 1.90 bits per heavy atom. The maximum atomic E-state index is 13.1. The van der Waals surface area contributed by atoms with Crippen LogP contribution in [-0.2, 0) is 16.9 Å². The van der Waals surface area contributed by atoms with Crippen molar-refractivity contribution in [1.29, 1.82) is 0 Å². The molecule has 1 saturated heterocycles. The predicted octanol–water partition coefficient (Wildman–Crippen LogP) is 4.65. The molecular formula is C20H17Cl3N4O2. The quantitative estimate of drug-likeness (QED) is 0.579. The maximum Gasteiger partial charge on any atom is 0.256 e. The van der Waals surface area contributed by atoms with Crippen LogP contribution in [-0.4, -0.2) is 38.3 Å². The number of rotatable bonds is 4. The van der Waals surface area contributed by atoms with E-state index in [1.54, 1.807) is 52.3 Å². The normalized spacial score (nSPS) is 21.5. The van der Waals surface area contributed by atoms with Gasteiger partial charge in [0, 0.05) is 26.2 Å². The molecule has 0 spiro atoms. The first-order valence-electron chi connectivity index (χ1n) is 8.89. The lowest BCUT2D eigenvalue weighted by Gasteiger charge is -2.34. The van der Waals surface area contributed by atoms with Crippen molar-refractivity contribution in [2.75, 3.05) is 6.73 Å². The predicted molar refractivity (Wildman–Crippen MR) is 111 cm³/mol. The highest BCUT2D eigenvalue weighted by Crippen LogP contribution is 2.43. The van der Waals surface area contributed by atoms with Crippen molar-refractivity contribution in [3.05, 3.63) is 81.3 Å². The van der Waals surface area contributed by atoms with Crippen molar-refractivity contribution in [2.24, 2.45) is 0 Å². The summed E-state index contributed by atoms with van der Waals surface area (Å²) in [6.45, 7) is 2.37. The Labute approximate surface area is 183 Å². The molecule has 1 aliphatic rings. The molecule has 1 aliphatic heterocycles. The Bertz CT molecular complexity index is 1030. The molecule has 29 heavy (non-hydrogen) atoms. The molecule has 0 N–H and O–H groups in total. The molecule has 2 aromatic carbocycles. The largest absolute Gasteiger partial charge is 0.346 e. The number of hydrogen-bond acceptors (Lipinski definition) is 4. The van der Waals surface area contributed by atoms with E-state index in [1.165, 1.54) is 6.33 Å². The second-order valence-electron chi connectivity index (χ2n) is 6.84. The van der Waals surface area contributed by atoms with Crippen LogP contribution in [0.4, 0.5) is 0 Å². The second-order valence-corrected chi connectivity index (χ2v) is 8.12. The van der Waals surface area contributed by atoms with Gasteiger partial charge in [0.2, 0.25) is 0 Å². The van der Waals surface area contributed by atoms with Gasteiger partial charge in [-0.05, 0) is 43.3 Å². The Balaban J connectivity index is 1.73. The summed E-state index contributed by atoms with van der Waals surface area (Å²) in [7, 11) is 0. The number of benzene rings is 2. The van der Waals surface area contributed by atoms with Crippen LogP contribution in [0.25, 0.3) is 0 Å². The van der Waals surface area contributed by atoms with Gasteiger partial charge in [-0.1, -0.05) is 40.9 Å². The van der Waals surface area contributed by atoms with E-state index in [0.717, 1.165) is 5.56 Å². The number of nitrogens with zero attached hydrogens (tertiary/aromatic N) is 4. The molecule has 1 amide bonds. The molecule has 2 heterocycles. The highest BCUT2D eigenvalue weighted by molar-refractivity contribution is 6.35. The molecular weight excluding hydrogens is 435 g/mol. The van der Waals surface area contributed by atoms with Crippen molar-refractivity contribution >= 4 is 40.7 Å². The van der Waals surface area contributed by atoms with E-state index in [9.17, 15) is 4.79 Å². The van der Waals surface area contributed by atoms with E-state index in [-0.39, 0.29) is 18.7 Å². The van der Waals surface area contributed by atoms with Gasteiger partial charge >= 0.3 is 0 Å². The highest BCUT2D eigenvalue weighted by Gasteiger charge is 2.51. The number of halogens is 3. The zero-order chi connectivity index (χ0) is 20.6. The van der Waals surface area contributed by atoms with Crippen LogP contribution in [0.15, 0.2) is 55.1 Å². The number of ether oxygens (including phenoxy) is 1. The molecule has 9 heteroatoms. The molecule has 0 aliphatic carbocycles. The third-order valence-corrected chi connectivity index (χ3v) is 6.01. The molecule has 0 radical (unpaired) electrons. The first kappa shape index (κ1) is 20.2. The highest BCUT2D eigenvalue weighted by atomic mass is 35.5. The van der Waals surface area contributed by atoms with Crippen LogP contribution in [0.1, 0.15) is 22.8 Å². The van der Waals surface area contributed by atoms with Crippen molar-refractivity contribution < 1.29 is 9.53 Å². The fraction of sp³-hybridized carbons (Fsp3) is 0.250. The van der Waals surface area contributed by atoms with Crippen molar-refractivity contribution in [3.8, 4) is 0 Å². The molecule has 6 nitrogen and oxygen atoms in total. The summed E-state index contributed by atoms with van der Waals surface area (Å²) in [5, 5.41) is 5.76. The van der Waals surface area contributed by atoms with Crippen molar-refractivity contribution in [2.45, 2.75) is 25.1 Å². The summed E-state index contributed by atoms with van der Waals surface area (Å²) < 4.78 is 7.94. The lowest BCUT2D eigenvalue weighted by atomic mass is 9.86. The molecule has 0 bridgehead atoms. The summed E-state index contributed by atoms with van der Waals surface area (Å²) in [4.78, 5) is 18.8. The molecule has 1 aromatic heterocycles. The van der Waals surface area contributed by atoms with Gasteiger partial charge in [-0.3, -0.25) is 4.79 Å². The summed E-state index contributed by atoms with van der Waals surface area (Å²) in [6.07, 6.45) is 3.05. The van der Waals surface area contributed by atoms with Crippen LogP contribution in [0.3, 0.4) is 0 Å². The number of amides is 1. The fourth-order valence-electron chi connectivity index (χ4n) is 3.62. The van der Waals surface area contributed by atoms with E-state index in [2.05, 4.69) is 10.1 Å². The molecule has 0 saturated carbocycles. The third kappa shape index (κ3) is 3.73. The Hall–Kier alpha value is -2.12. The minimum Gasteiger partial charge on any atom is -0.346 e. The lowest BCUT2D eigenvalue weighted by Crippen LogP contribution is -2.46. The Kier molecular flexibility index (Phi) is 5.53. The maximum absolute atomic E-state index is 13.1. The van der Waals surface area contributed by atoms with Crippen LogP contribution >= 0.6 is 34.8 Å². The zero-order valence-corrected chi connectivity index (χ0v) is 17.7. The van der Waals surface area contributed by atoms with Gasteiger partial charge in [0.05, 0.1) is 12.6 Å². The van der Waals surface area contributed by atoms with E-state index < -0.39 is 5.60 Å². The summed E-state index contributed by atoms with van der Waals surface area (Å²) in [5.41, 5.74) is 0.346. The van der Waals surface area contributed by atoms with Gasteiger partial charge in [0.15, 0.2) is 0 Å². The SMILES string of the molecule is C[C@H]1N(C(=O)c2ccc(Cl)cc2)CO[C@@]1(Cn1cncn1)c1ccc(Cl)cc1Cl. The van der Waals surface area contributed by atoms with Gasteiger partial charge in [0.25, 0.3) is 5.91 Å². The Morgan fingerprint density at radius 3 is 2.55 bits per heavy atom. The van der Waals surface area contributed by atoms with Crippen molar-refractivity contribution in [3.63, 3.8) is 0 Å². The number of carbonyl (C=O) groups is 1. The first-order chi connectivity index (χ1) is 13.9. The lowest BCUT2D eigenvalue weighted by molar-refractivity contribution is -0.0247. The van der Waals surface area contributed by atoms with E-state index in [4.69, 9.17) is 39.5 Å². The molecule has 4 rings (SSSR count). The zero-order valence-electron chi connectivity index (χ0n) is 15.4. The topological polar surface area (TPSA) is 60.2 Å². The average molecular weight is 452 g/mol. The smallest absolute Gasteiger partial charge is 0.256 e. The monoisotopic (exact) mass is 450 g/mol. The number of aromatic nitrogens is 3. The molecule has 0 unspecified atom stereocenters. The average Bonchev–Trinajstić information content (AvgIpc) is 3.31. The second kappa shape index (κ2) is 7.95. The first-order valence-corrected chi connectivity index (χ1v) is 10.0. The van der Waals surface area contributed by atoms with E-state index >= 15 is 0 Å². The van der Waals surface area contributed by atoms with Crippen molar-refractivity contribution in [1.82, 2.24) is 19.7 Å². The fourth-order valence-corrected chi connectivity index (χ4v) is 4.31. The number of carbonyl (C=O) groups excluding carboxylic acids is 1. The van der Waals surface area contributed by atoms with Crippen LogP contribution in [0, 0.1) is 0 Å². The molecule has 150 valence electrons.